The Labute approximate surface area is 105 Å². The third kappa shape index (κ3) is 2.40. The van der Waals surface area contributed by atoms with Crippen LogP contribution in [0.2, 0.25) is 0 Å². The number of hydrogen-bond donors (Lipinski definition) is 1. The molecule has 0 bridgehead atoms. The SMILES string of the molecule is CCCc1cccc(C2(O)CCCC2CC)c1. The highest BCUT2D eigenvalue weighted by atomic mass is 16.3. The van der Waals surface area contributed by atoms with Gasteiger partial charge in [-0.1, -0.05) is 51.0 Å². The first-order valence-electron chi connectivity index (χ1n) is 7.02. The number of hydrogen-bond acceptors (Lipinski definition) is 1. The molecule has 0 aliphatic heterocycles. The Bertz CT molecular complexity index is 372. The molecule has 1 nitrogen and oxygen atoms in total. The molecule has 1 aliphatic rings. The maximum absolute atomic E-state index is 10.9. The zero-order valence-corrected chi connectivity index (χ0v) is 11.1. The smallest absolute Gasteiger partial charge is 0.0924 e. The molecule has 0 amide bonds. The average Bonchev–Trinajstić information content (AvgIpc) is 2.73. The Kier molecular flexibility index (Phi) is 3.88. The van der Waals surface area contributed by atoms with Crippen molar-refractivity contribution in [1.29, 1.82) is 0 Å². The van der Waals surface area contributed by atoms with Crippen molar-refractivity contribution in [1.82, 2.24) is 0 Å². The minimum atomic E-state index is -0.557. The summed E-state index contributed by atoms with van der Waals surface area (Å²) in [6.45, 7) is 4.39. The van der Waals surface area contributed by atoms with Gasteiger partial charge in [0.05, 0.1) is 5.60 Å². The number of benzene rings is 1. The molecule has 1 fully saturated rings. The summed E-state index contributed by atoms with van der Waals surface area (Å²) in [7, 11) is 0. The third-order valence-electron chi connectivity index (χ3n) is 4.24. The van der Waals surface area contributed by atoms with Gasteiger partial charge in [0.2, 0.25) is 0 Å². The Hall–Kier alpha value is -0.820. The fourth-order valence-electron chi connectivity index (χ4n) is 3.27. The van der Waals surface area contributed by atoms with Crippen LogP contribution < -0.4 is 0 Å². The van der Waals surface area contributed by atoms with Crippen LogP contribution in [0.15, 0.2) is 24.3 Å². The molecule has 2 atom stereocenters. The lowest BCUT2D eigenvalue weighted by atomic mass is 9.82. The van der Waals surface area contributed by atoms with Crippen LogP contribution in [-0.2, 0) is 12.0 Å². The van der Waals surface area contributed by atoms with Gasteiger partial charge in [-0.3, -0.25) is 0 Å². The number of aliphatic hydroxyl groups is 1. The summed E-state index contributed by atoms with van der Waals surface area (Å²) >= 11 is 0. The molecular weight excluding hydrogens is 208 g/mol. The van der Waals surface area contributed by atoms with E-state index in [1.54, 1.807) is 0 Å². The lowest BCUT2D eigenvalue weighted by Gasteiger charge is -2.30. The molecule has 0 spiro atoms. The van der Waals surface area contributed by atoms with Crippen LogP contribution in [0.5, 0.6) is 0 Å². The van der Waals surface area contributed by atoms with Crippen molar-refractivity contribution in [2.45, 2.75) is 58.0 Å². The molecule has 1 heteroatoms. The lowest BCUT2D eigenvalue weighted by Crippen LogP contribution is -2.29. The van der Waals surface area contributed by atoms with E-state index in [1.807, 2.05) is 0 Å². The molecule has 94 valence electrons. The quantitative estimate of drug-likeness (QED) is 0.830. The van der Waals surface area contributed by atoms with Crippen LogP contribution in [0.1, 0.15) is 57.1 Å². The predicted octanol–water partition coefficient (Wildman–Crippen LogP) is 4.04. The van der Waals surface area contributed by atoms with Gasteiger partial charge in [0, 0.05) is 0 Å². The molecule has 0 heterocycles. The minimum Gasteiger partial charge on any atom is -0.385 e. The van der Waals surface area contributed by atoms with Gasteiger partial charge in [-0.15, -0.1) is 0 Å². The van der Waals surface area contributed by atoms with Gasteiger partial charge < -0.3 is 5.11 Å². The predicted molar refractivity (Wildman–Crippen MR) is 72.0 cm³/mol. The molecule has 1 aliphatic carbocycles. The van der Waals surface area contributed by atoms with E-state index in [2.05, 4.69) is 38.1 Å². The maximum atomic E-state index is 10.9. The maximum Gasteiger partial charge on any atom is 0.0924 e. The van der Waals surface area contributed by atoms with E-state index in [4.69, 9.17) is 0 Å². The lowest BCUT2D eigenvalue weighted by molar-refractivity contribution is -0.00393. The molecule has 2 unspecified atom stereocenters. The van der Waals surface area contributed by atoms with E-state index in [0.29, 0.717) is 5.92 Å². The van der Waals surface area contributed by atoms with E-state index >= 15 is 0 Å². The van der Waals surface area contributed by atoms with Crippen molar-refractivity contribution < 1.29 is 5.11 Å². The molecule has 1 saturated carbocycles. The summed E-state index contributed by atoms with van der Waals surface area (Å²) < 4.78 is 0. The van der Waals surface area contributed by atoms with E-state index in [9.17, 15) is 5.11 Å². The minimum absolute atomic E-state index is 0.444. The Morgan fingerprint density at radius 2 is 2.18 bits per heavy atom. The van der Waals surface area contributed by atoms with Crippen molar-refractivity contribution in [3.8, 4) is 0 Å². The Morgan fingerprint density at radius 1 is 1.35 bits per heavy atom. The summed E-state index contributed by atoms with van der Waals surface area (Å²) in [4.78, 5) is 0. The summed E-state index contributed by atoms with van der Waals surface area (Å²) in [5.74, 6) is 0.444. The highest BCUT2D eigenvalue weighted by Crippen LogP contribution is 2.45. The summed E-state index contributed by atoms with van der Waals surface area (Å²) in [6.07, 6.45) is 6.62. The standard InChI is InChI=1S/C16H24O/c1-3-7-13-8-5-9-15(12-13)16(17)11-6-10-14(16)4-2/h5,8-9,12,14,17H,3-4,6-7,10-11H2,1-2H3. The van der Waals surface area contributed by atoms with Gasteiger partial charge in [0.1, 0.15) is 0 Å². The largest absolute Gasteiger partial charge is 0.385 e. The fraction of sp³-hybridized carbons (Fsp3) is 0.625. The van der Waals surface area contributed by atoms with Crippen LogP contribution >= 0.6 is 0 Å². The Balaban J connectivity index is 2.28. The second-order valence-corrected chi connectivity index (χ2v) is 5.37. The first kappa shape index (κ1) is 12.6. The first-order chi connectivity index (χ1) is 8.20. The topological polar surface area (TPSA) is 20.2 Å². The van der Waals surface area contributed by atoms with Crippen molar-refractivity contribution in [3.05, 3.63) is 35.4 Å². The molecule has 1 aromatic carbocycles. The Morgan fingerprint density at radius 3 is 2.88 bits per heavy atom. The molecule has 17 heavy (non-hydrogen) atoms. The summed E-state index contributed by atoms with van der Waals surface area (Å²) in [5.41, 5.74) is 1.95. The molecule has 2 rings (SSSR count). The van der Waals surface area contributed by atoms with E-state index in [1.165, 1.54) is 18.4 Å². The number of aryl methyl sites for hydroxylation is 1. The van der Waals surface area contributed by atoms with Crippen molar-refractivity contribution >= 4 is 0 Å². The van der Waals surface area contributed by atoms with Crippen LogP contribution in [0, 0.1) is 5.92 Å². The van der Waals surface area contributed by atoms with Crippen LogP contribution in [0.25, 0.3) is 0 Å². The fourth-order valence-corrected chi connectivity index (χ4v) is 3.27. The normalized spacial score (nSPS) is 28.5. The van der Waals surface area contributed by atoms with Gasteiger partial charge in [0.25, 0.3) is 0 Å². The van der Waals surface area contributed by atoms with Crippen LogP contribution in [0.4, 0.5) is 0 Å². The molecular formula is C16H24O. The van der Waals surface area contributed by atoms with Crippen molar-refractivity contribution in [3.63, 3.8) is 0 Å². The highest BCUT2D eigenvalue weighted by molar-refractivity contribution is 5.30. The van der Waals surface area contributed by atoms with Gasteiger partial charge in [-0.05, 0) is 42.7 Å². The van der Waals surface area contributed by atoms with Crippen molar-refractivity contribution in [2.24, 2.45) is 5.92 Å². The molecule has 1 aromatic rings. The van der Waals surface area contributed by atoms with Gasteiger partial charge >= 0.3 is 0 Å². The monoisotopic (exact) mass is 232 g/mol. The van der Waals surface area contributed by atoms with E-state index in [-0.39, 0.29) is 0 Å². The van der Waals surface area contributed by atoms with Crippen LogP contribution in [0.3, 0.4) is 0 Å². The second-order valence-electron chi connectivity index (χ2n) is 5.37. The van der Waals surface area contributed by atoms with Gasteiger partial charge in [-0.25, -0.2) is 0 Å². The van der Waals surface area contributed by atoms with Crippen molar-refractivity contribution in [2.75, 3.05) is 0 Å². The summed E-state index contributed by atoms with van der Waals surface area (Å²) in [5, 5.41) is 10.9. The third-order valence-corrected chi connectivity index (χ3v) is 4.24. The van der Waals surface area contributed by atoms with E-state index < -0.39 is 5.60 Å². The molecule has 0 aromatic heterocycles. The first-order valence-corrected chi connectivity index (χ1v) is 7.02. The summed E-state index contributed by atoms with van der Waals surface area (Å²) in [6, 6.07) is 8.60. The average molecular weight is 232 g/mol. The van der Waals surface area contributed by atoms with Gasteiger partial charge in [-0.2, -0.15) is 0 Å². The zero-order valence-electron chi connectivity index (χ0n) is 11.1. The second kappa shape index (κ2) is 5.22. The highest BCUT2D eigenvalue weighted by Gasteiger charge is 2.41. The van der Waals surface area contributed by atoms with Gasteiger partial charge in [0.15, 0.2) is 0 Å². The zero-order chi connectivity index (χ0) is 12.3. The van der Waals surface area contributed by atoms with E-state index in [0.717, 1.165) is 31.2 Å². The molecule has 0 saturated heterocycles. The van der Waals surface area contributed by atoms with Crippen LogP contribution in [-0.4, -0.2) is 5.11 Å². The molecule has 0 radical (unpaired) electrons. The molecule has 1 N–H and O–H groups in total. The number of rotatable bonds is 4.